The third-order valence-corrected chi connectivity index (χ3v) is 3.22. The SMILES string of the molecule is CC(C)(N)CNc1ncc(C(N)=O)c(Nc2cccc(N/N=C\C=N)c2)n1. The number of nitrogens with one attached hydrogen (secondary N) is 4. The topological polar surface area (TPSA) is 167 Å². The number of benzene rings is 1. The highest BCUT2D eigenvalue weighted by molar-refractivity contribution is 6.14. The van der Waals surface area contributed by atoms with Gasteiger partial charge in [-0.3, -0.25) is 10.2 Å². The number of carbonyl (C=O) groups is 1. The smallest absolute Gasteiger partial charge is 0.254 e. The van der Waals surface area contributed by atoms with Crippen molar-refractivity contribution in [1.29, 1.82) is 5.41 Å². The van der Waals surface area contributed by atoms with Gasteiger partial charge in [-0.2, -0.15) is 10.1 Å². The van der Waals surface area contributed by atoms with Crippen LogP contribution >= 0.6 is 0 Å². The van der Waals surface area contributed by atoms with Gasteiger partial charge in [-0.05, 0) is 32.0 Å². The summed E-state index contributed by atoms with van der Waals surface area (Å²) in [6.45, 7) is 4.19. The molecule has 0 aliphatic carbocycles. The third kappa shape index (κ3) is 6.36. The van der Waals surface area contributed by atoms with Crippen molar-refractivity contribution in [3.8, 4) is 0 Å². The van der Waals surface area contributed by atoms with Gasteiger partial charge in [0, 0.05) is 30.2 Å². The van der Waals surface area contributed by atoms with Crippen molar-refractivity contribution in [2.24, 2.45) is 16.6 Å². The lowest BCUT2D eigenvalue weighted by Crippen LogP contribution is -2.40. The monoisotopic (exact) mass is 369 g/mol. The molecule has 1 aromatic heterocycles. The van der Waals surface area contributed by atoms with E-state index in [1.54, 1.807) is 24.3 Å². The van der Waals surface area contributed by atoms with E-state index in [1.807, 2.05) is 13.8 Å². The first-order chi connectivity index (χ1) is 12.8. The minimum absolute atomic E-state index is 0.160. The molecule has 2 rings (SSSR count). The normalized spacial score (nSPS) is 11.2. The van der Waals surface area contributed by atoms with Crippen LogP contribution in [-0.2, 0) is 0 Å². The molecule has 0 radical (unpaired) electrons. The van der Waals surface area contributed by atoms with Crippen LogP contribution in [0.2, 0.25) is 0 Å². The Hall–Kier alpha value is -3.53. The molecule has 0 bridgehead atoms. The Morgan fingerprint density at radius 1 is 1.37 bits per heavy atom. The molecule has 1 amide bonds. The predicted octanol–water partition coefficient (Wildman–Crippen LogP) is 1.52. The highest BCUT2D eigenvalue weighted by Crippen LogP contribution is 2.22. The van der Waals surface area contributed by atoms with Crippen molar-refractivity contribution < 1.29 is 4.79 Å². The molecule has 10 nitrogen and oxygen atoms in total. The van der Waals surface area contributed by atoms with E-state index in [4.69, 9.17) is 16.9 Å². The Morgan fingerprint density at radius 2 is 2.11 bits per heavy atom. The lowest BCUT2D eigenvalue weighted by atomic mass is 10.1. The van der Waals surface area contributed by atoms with Gasteiger partial charge >= 0.3 is 0 Å². The van der Waals surface area contributed by atoms with Gasteiger partial charge in [0.15, 0.2) is 0 Å². The molecule has 0 atom stereocenters. The van der Waals surface area contributed by atoms with Crippen LogP contribution in [0.5, 0.6) is 0 Å². The van der Waals surface area contributed by atoms with Gasteiger partial charge in [0.2, 0.25) is 5.95 Å². The van der Waals surface area contributed by atoms with E-state index in [0.717, 1.165) is 6.21 Å². The molecule has 1 heterocycles. The number of anilines is 4. The first-order valence-electron chi connectivity index (χ1n) is 8.13. The first-order valence-corrected chi connectivity index (χ1v) is 8.13. The largest absolute Gasteiger partial charge is 0.365 e. The van der Waals surface area contributed by atoms with Crippen molar-refractivity contribution in [1.82, 2.24) is 9.97 Å². The number of hydrogen-bond donors (Lipinski definition) is 6. The number of carbonyl (C=O) groups excluding carboxylic acids is 1. The summed E-state index contributed by atoms with van der Waals surface area (Å²) in [5.41, 5.74) is 15.2. The molecule has 8 N–H and O–H groups in total. The summed E-state index contributed by atoms with van der Waals surface area (Å²) in [5, 5.41) is 16.9. The zero-order valence-electron chi connectivity index (χ0n) is 15.2. The molecule has 0 saturated carbocycles. The van der Waals surface area contributed by atoms with E-state index in [2.05, 4.69) is 31.1 Å². The average Bonchev–Trinajstić information content (AvgIpc) is 2.60. The summed E-state index contributed by atoms with van der Waals surface area (Å²) in [7, 11) is 0. The number of amides is 1. The average molecular weight is 369 g/mol. The van der Waals surface area contributed by atoms with Crippen molar-refractivity contribution in [2.75, 3.05) is 22.6 Å². The quantitative estimate of drug-likeness (QED) is 0.288. The second-order valence-corrected chi connectivity index (χ2v) is 6.42. The summed E-state index contributed by atoms with van der Waals surface area (Å²) in [6.07, 6.45) is 3.73. The predicted molar refractivity (Wildman–Crippen MR) is 108 cm³/mol. The van der Waals surface area contributed by atoms with Gasteiger partial charge < -0.3 is 27.5 Å². The van der Waals surface area contributed by atoms with Gasteiger partial charge in [0.25, 0.3) is 5.91 Å². The Morgan fingerprint density at radius 3 is 2.78 bits per heavy atom. The highest BCUT2D eigenvalue weighted by atomic mass is 16.1. The molecule has 0 fully saturated rings. The lowest BCUT2D eigenvalue weighted by molar-refractivity contribution is 0.100. The lowest BCUT2D eigenvalue weighted by Gasteiger charge is -2.19. The van der Waals surface area contributed by atoms with E-state index in [0.29, 0.717) is 23.9 Å². The Labute approximate surface area is 157 Å². The van der Waals surface area contributed by atoms with Gasteiger partial charge in [0.1, 0.15) is 11.4 Å². The van der Waals surface area contributed by atoms with Crippen molar-refractivity contribution in [3.05, 3.63) is 36.0 Å². The third-order valence-electron chi connectivity index (χ3n) is 3.22. The van der Waals surface area contributed by atoms with E-state index >= 15 is 0 Å². The van der Waals surface area contributed by atoms with Crippen LogP contribution in [0.25, 0.3) is 0 Å². The van der Waals surface area contributed by atoms with E-state index in [9.17, 15) is 4.79 Å². The molecule has 10 heteroatoms. The molecule has 142 valence electrons. The summed E-state index contributed by atoms with van der Waals surface area (Å²) in [6, 6.07) is 7.17. The summed E-state index contributed by atoms with van der Waals surface area (Å²) >= 11 is 0. The van der Waals surface area contributed by atoms with Gasteiger partial charge in [-0.25, -0.2) is 4.98 Å². The van der Waals surface area contributed by atoms with E-state index in [1.165, 1.54) is 12.4 Å². The maximum Gasteiger partial charge on any atom is 0.254 e. The molecule has 0 saturated heterocycles. The van der Waals surface area contributed by atoms with Crippen LogP contribution in [0.4, 0.5) is 23.1 Å². The van der Waals surface area contributed by atoms with E-state index in [-0.39, 0.29) is 11.4 Å². The second-order valence-electron chi connectivity index (χ2n) is 6.42. The fourth-order valence-corrected chi connectivity index (χ4v) is 2.00. The number of nitrogens with zero attached hydrogens (tertiary/aromatic N) is 3. The minimum atomic E-state index is -0.645. The highest BCUT2D eigenvalue weighted by Gasteiger charge is 2.15. The van der Waals surface area contributed by atoms with Crippen LogP contribution in [0, 0.1) is 5.41 Å². The molecule has 27 heavy (non-hydrogen) atoms. The number of aromatic nitrogens is 2. The maximum absolute atomic E-state index is 11.7. The number of hydrogen-bond acceptors (Lipinski definition) is 9. The van der Waals surface area contributed by atoms with Crippen LogP contribution in [0.1, 0.15) is 24.2 Å². The Kier molecular flexibility index (Phi) is 6.39. The van der Waals surface area contributed by atoms with Gasteiger partial charge in [-0.1, -0.05) is 6.07 Å². The molecule has 0 unspecified atom stereocenters. The number of primary amides is 1. The zero-order chi connectivity index (χ0) is 19.9. The Balaban J connectivity index is 2.25. The summed E-state index contributed by atoms with van der Waals surface area (Å²) in [4.78, 5) is 20.1. The fraction of sp³-hybridized carbons (Fsp3) is 0.235. The molecule has 0 aliphatic rings. The van der Waals surface area contributed by atoms with Crippen molar-refractivity contribution in [2.45, 2.75) is 19.4 Å². The van der Waals surface area contributed by atoms with Gasteiger partial charge in [0.05, 0.1) is 11.9 Å². The fourth-order valence-electron chi connectivity index (χ4n) is 2.00. The maximum atomic E-state index is 11.7. The second kappa shape index (κ2) is 8.72. The molecular formula is C17H23N9O. The van der Waals surface area contributed by atoms with E-state index < -0.39 is 11.4 Å². The number of rotatable bonds is 9. The van der Waals surface area contributed by atoms with Crippen LogP contribution in [0.15, 0.2) is 35.6 Å². The molecule has 1 aromatic carbocycles. The van der Waals surface area contributed by atoms with Gasteiger partial charge in [-0.15, -0.1) is 0 Å². The van der Waals surface area contributed by atoms with Crippen LogP contribution in [-0.4, -0.2) is 40.4 Å². The number of nitrogens with two attached hydrogens (primary N) is 2. The van der Waals surface area contributed by atoms with Crippen LogP contribution in [0.3, 0.4) is 0 Å². The first kappa shape index (κ1) is 19.8. The Bertz CT molecular complexity index is 843. The number of hydrazone groups is 1. The molecule has 0 aliphatic heterocycles. The zero-order valence-corrected chi connectivity index (χ0v) is 15.2. The molecular weight excluding hydrogens is 346 g/mol. The summed E-state index contributed by atoms with van der Waals surface area (Å²) < 4.78 is 0. The van der Waals surface area contributed by atoms with Crippen LogP contribution < -0.4 is 27.5 Å². The van der Waals surface area contributed by atoms with Crippen molar-refractivity contribution >= 4 is 41.5 Å². The molecule has 0 spiro atoms. The standard InChI is InChI=1S/C17H23N9O/c1-17(2,20)10-22-16-21-9-13(14(19)27)15(25-16)24-11-4-3-5-12(8-11)26-23-7-6-18/h3-9,18,26H,10,20H2,1-2H3,(H2,19,27)(H2,21,22,24,25)/b18-6?,23-7-. The summed E-state index contributed by atoms with van der Waals surface area (Å²) in [5.74, 6) is -0.0473. The molecule has 2 aromatic rings. The van der Waals surface area contributed by atoms with Crippen molar-refractivity contribution in [3.63, 3.8) is 0 Å². The minimum Gasteiger partial charge on any atom is -0.365 e.